The molecule has 54 heavy (non-hydrogen) atoms. The number of carbonyl (C=O) groups excluding carboxylic acids is 5. The molecule has 0 bridgehead atoms. The molecular weight excluding hydrogens is 732 g/mol. The zero-order valence-electron chi connectivity index (χ0n) is 30.2. The molecule has 2 aliphatic heterocycles. The molecule has 5 rings (SSSR count). The fourth-order valence-electron chi connectivity index (χ4n) is 8.12. The molecule has 0 radical (unpaired) electrons. The number of hydrogen-bond acceptors (Lipinski definition) is 11. The van der Waals surface area contributed by atoms with Crippen LogP contribution in [-0.4, -0.2) is 101 Å². The molecule has 1 saturated carbocycles. The molecule has 0 spiro atoms. The zero-order valence-corrected chi connectivity index (χ0v) is 31.0. The second-order valence-corrected chi connectivity index (χ2v) is 16.8. The van der Waals surface area contributed by atoms with Crippen LogP contribution in [0, 0.1) is 11.8 Å². The third kappa shape index (κ3) is 8.62. The van der Waals surface area contributed by atoms with Gasteiger partial charge < -0.3 is 31.1 Å². The first-order chi connectivity index (χ1) is 25.5. The van der Waals surface area contributed by atoms with Crippen LogP contribution in [0.5, 0.6) is 0 Å². The van der Waals surface area contributed by atoms with Gasteiger partial charge in [-0.1, -0.05) is 37.3 Å². The number of primary amides is 1. The Labute approximate surface area is 311 Å². The third-order valence-corrected chi connectivity index (χ3v) is 12.3. The summed E-state index contributed by atoms with van der Waals surface area (Å²) in [6, 6.07) is 2.84. The molecule has 1 aliphatic carbocycles. The summed E-state index contributed by atoms with van der Waals surface area (Å²) in [7, 11) is -4.90. The molecule has 3 fully saturated rings. The maximum absolute atomic E-state index is 14.8. The van der Waals surface area contributed by atoms with Gasteiger partial charge in [0.05, 0.1) is 22.3 Å². The number of hydrogen-bond donors (Lipinski definition) is 4. The summed E-state index contributed by atoms with van der Waals surface area (Å²) in [6.45, 7) is 3.10. The van der Waals surface area contributed by atoms with Crippen LogP contribution in [0.2, 0.25) is 0 Å². The number of ether oxygens (including phenoxy) is 1. The van der Waals surface area contributed by atoms with Crippen LogP contribution >= 0.6 is 0 Å². The molecule has 1 aromatic carbocycles. The van der Waals surface area contributed by atoms with Crippen LogP contribution in [0.1, 0.15) is 94.1 Å². The van der Waals surface area contributed by atoms with Crippen molar-refractivity contribution >= 4 is 39.8 Å². The van der Waals surface area contributed by atoms with E-state index in [-0.39, 0.29) is 49.6 Å². The second kappa shape index (κ2) is 16.6. The number of nitrogens with two attached hydrogens (primary N) is 1. The van der Waals surface area contributed by atoms with Crippen LogP contribution in [0.15, 0.2) is 35.4 Å². The molecule has 5 N–H and O–H groups in total. The fourth-order valence-corrected chi connectivity index (χ4v) is 8.85. The quantitative estimate of drug-likeness (QED) is 0.159. The normalized spacial score (nSPS) is 24.8. The highest BCUT2D eigenvalue weighted by Gasteiger charge is 2.56. The van der Waals surface area contributed by atoms with Crippen molar-refractivity contribution in [3.63, 3.8) is 0 Å². The van der Waals surface area contributed by atoms with Gasteiger partial charge in [-0.2, -0.15) is 8.78 Å². The Kier molecular flexibility index (Phi) is 12.5. The number of Topliss-reactive ketones (excluding diaryl/α,β-unsaturated/α-hetero) is 1. The lowest BCUT2D eigenvalue weighted by atomic mass is 9.76. The van der Waals surface area contributed by atoms with E-state index in [4.69, 9.17) is 10.5 Å². The topological polar surface area (TPSA) is 233 Å². The average Bonchev–Trinajstić information content (AvgIpc) is 3.71. The van der Waals surface area contributed by atoms with Crippen LogP contribution in [0.4, 0.5) is 8.78 Å². The number of alkyl halides is 2. The van der Waals surface area contributed by atoms with E-state index in [0.29, 0.717) is 19.3 Å². The summed E-state index contributed by atoms with van der Waals surface area (Å²) in [5.74, 6) is -7.49. The van der Waals surface area contributed by atoms with Crippen molar-refractivity contribution < 1.29 is 51.0 Å². The number of rotatable bonds is 14. The minimum Gasteiger partial charge on any atom is -0.384 e. The van der Waals surface area contributed by atoms with E-state index >= 15 is 0 Å². The first-order valence-corrected chi connectivity index (χ1v) is 19.6. The third-order valence-electron chi connectivity index (χ3n) is 10.9. The lowest BCUT2D eigenvalue weighted by Gasteiger charge is -2.40. The van der Waals surface area contributed by atoms with E-state index in [1.54, 1.807) is 0 Å². The summed E-state index contributed by atoms with van der Waals surface area (Å²) >= 11 is 0. The van der Waals surface area contributed by atoms with Crippen molar-refractivity contribution in [3.05, 3.63) is 41.7 Å². The molecule has 1 aromatic heterocycles. The maximum atomic E-state index is 14.8. The first-order valence-electron chi connectivity index (χ1n) is 18.0. The first kappa shape index (κ1) is 40.8. The zero-order chi connectivity index (χ0) is 39.4. The molecule has 0 unspecified atom stereocenters. The van der Waals surface area contributed by atoms with Gasteiger partial charge in [0.25, 0.3) is 11.8 Å². The standard InChI is InChI=1S/C35H47F2N7O9S/c1-34(2,50)27-18-40-42-44(27)35(23-9-6-14-53-26(16-23)29(46)30(38)47)17-28(39-20-45)43(19-35)32(49)25(15-21-7-4-3-5-8-21)41-31(48)22-10-12-24(13-11-22)54(51,52)33(36)37/h10-13,18,20-21,23,25-26,28,33,50H,3-9,14-17,19H2,1-2H3,(H2,38,47)(H,39,45)(H,41,48)/t23-,25+,26-,28-,35+/m0/s1. The maximum Gasteiger partial charge on any atom is 0.341 e. The van der Waals surface area contributed by atoms with Gasteiger partial charge in [-0.3, -0.25) is 24.0 Å². The molecule has 19 heteroatoms. The van der Waals surface area contributed by atoms with Crippen LogP contribution < -0.4 is 16.4 Å². The monoisotopic (exact) mass is 779 g/mol. The van der Waals surface area contributed by atoms with Crippen molar-refractivity contribution in [2.24, 2.45) is 17.6 Å². The Hall–Kier alpha value is -4.36. The van der Waals surface area contributed by atoms with Gasteiger partial charge in [-0.05, 0) is 75.6 Å². The van der Waals surface area contributed by atoms with Gasteiger partial charge in [-0.25, -0.2) is 13.1 Å². The largest absolute Gasteiger partial charge is 0.384 e. The van der Waals surface area contributed by atoms with Crippen LogP contribution in [0.3, 0.4) is 0 Å². The van der Waals surface area contributed by atoms with E-state index in [1.807, 2.05) is 0 Å². The number of sulfone groups is 1. The Morgan fingerprint density at radius 1 is 1.11 bits per heavy atom. The number of likely N-dealkylation sites (tertiary alicyclic amines) is 1. The average molecular weight is 780 g/mol. The fraction of sp³-hybridized carbons (Fsp3) is 0.629. The number of aliphatic hydroxyl groups is 1. The molecule has 4 amide bonds. The van der Waals surface area contributed by atoms with Crippen molar-refractivity contribution in [1.82, 2.24) is 30.5 Å². The number of amides is 4. The Morgan fingerprint density at radius 3 is 2.41 bits per heavy atom. The second-order valence-electron chi connectivity index (χ2n) is 14.9. The van der Waals surface area contributed by atoms with E-state index in [1.165, 1.54) is 29.6 Å². The molecule has 3 heterocycles. The number of nitrogens with zero attached hydrogens (tertiary/aromatic N) is 4. The van der Waals surface area contributed by atoms with Gasteiger partial charge >= 0.3 is 5.76 Å². The van der Waals surface area contributed by atoms with Crippen molar-refractivity contribution in [2.45, 2.75) is 118 Å². The van der Waals surface area contributed by atoms with Gasteiger partial charge in [0, 0.05) is 25.1 Å². The molecule has 2 aromatic rings. The summed E-state index contributed by atoms with van der Waals surface area (Å²) in [4.78, 5) is 66.2. The summed E-state index contributed by atoms with van der Waals surface area (Å²) < 4.78 is 57.5. The smallest absolute Gasteiger partial charge is 0.341 e. The van der Waals surface area contributed by atoms with Crippen molar-refractivity contribution in [3.8, 4) is 0 Å². The molecular formula is C35H47F2N7O9S. The minimum atomic E-state index is -4.90. The van der Waals surface area contributed by atoms with Gasteiger partial charge in [-0.15, -0.1) is 5.10 Å². The minimum absolute atomic E-state index is 0.00227. The van der Waals surface area contributed by atoms with Gasteiger partial charge in [0.2, 0.25) is 27.9 Å². The number of ketones is 1. The van der Waals surface area contributed by atoms with E-state index in [2.05, 4.69) is 20.9 Å². The molecule has 2 saturated heterocycles. The lowest BCUT2D eigenvalue weighted by molar-refractivity contribution is -0.143. The number of benzene rings is 1. The van der Waals surface area contributed by atoms with E-state index < -0.39 is 79.4 Å². The SMILES string of the molecule is CC(C)(O)c1cnnn1[C@]1([C@H]2CCCO[C@H](C(=O)C(N)=O)C2)C[C@@H](NC=O)N(C(=O)[C@@H](CC2CCCCC2)NC(=O)c2ccc(S(=O)(=O)C(F)F)cc2)C1. The Balaban J connectivity index is 1.54. The van der Waals surface area contributed by atoms with Crippen LogP contribution in [-0.2, 0) is 44.9 Å². The Bertz CT molecular complexity index is 1810. The van der Waals surface area contributed by atoms with Gasteiger partial charge in [0.15, 0.2) is 0 Å². The van der Waals surface area contributed by atoms with Gasteiger partial charge in [0.1, 0.15) is 23.9 Å². The van der Waals surface area contributed by atoms with E-state index in [0.717, 1.165) is 56.4 Å². The molecule has 16 nitrogen and oxygen atoms in total. The van der Waals surface area contributed by atoms with Crippen molar-refractivity contribution in [2.75, 3.05) is 13.2 Å². The number of aromatic nitrogens is 3. The number of nitrogens with one attached hydrogen (secondary N) is 2. The highest BCUT2D eigenvalue weighted by atomic mass is 32.2. The van der Waals surface area contributed by atoms with Crippen LogP contribution in [0.25, 0.3) is 0 Å². The van der Waals surface area contributed by atoms with Crippen molar-refractivity contribution in [1.29, 1.82) is 0 Å². The number of halogens is 2. The van der Waals surface area contributed by atoms with E-state index in [9.17, 15) is 46.3 Å². The molecule has 296 valence electrons. The highest BCUT2D eigenvalue weighted by Crippen LogP contribution is 2.46. The predicted octanol–water partition coefficient (Wildman–Crippen LogP) is 1.51. The summed E-state index contributed by atoms with van der Waals surface area (Å²) in [5.41, 5.74) is 2.87. The summed E-state index contributed by atoms with van der Waals surface area (Å²) in [5, 5.41) is 25.2. The lowest BCUT2D eigenvalue weighted by Crippen LogP contribution is -2.54. The Morgan fingerprint density at radius 2 is 1.80 bits per heavy atom. The molecule has 3 aliphatic rings. The highest BCUT2D eigenvalue weighted by molar-refractivity contribution is 7.91. The summed E-state index contributed by atoms with van der Waals surface area (Å²) in [6.07, 6.45) is 5.36. The predicted molar refractivity (Wildman–Crippen MR) is 186 cm³/mol. The molecule has 5 atom stereocenters. The number of carbonyl (C=O) groups is 5.